The van der Waals surface area contributed by atoms with Crippen LogP contribution in [0, 0.1) is 13.8 Å². The van der Waals surface area contributed by atoms with Crippen LogP contribution in [0.1, 0.15) is 25.0 Å². The standard InChI is InChI=1S/C22H24N2/c1-15-14-16(2)21(24-13-12-23(5)22(24,3)4)19-11-10-17-8-6-7-9-18(17)20(15)19/h6-14H,1-5H3. The first kappa shape index (κ1) is 15.1. The van der Waals surface area contributed by atoms with Crippen molar-refractivity contribution in [2.75, 3.05) is 11.9 Å². The minimum atomic E-state index is -0.0708. The highest BCUT2D eigenvalue weighted by atomic mass is 15.4. The Bertz CT molecular complexity index is 982. The van der Waals surface area contributed by atoms with Gasteiger partial charge in [-0.05, 0) is 55.0 Å². The molecule has 0 fully saturated rings. The molecule has 0 bridgehead atoms. The summed E-state index contributed by atoms with van der Waals surface area (Å²) in [4.78, 5) is 4.66. The second-order valence-corrected chi connectivity index (χ2v) is 7.34. The molecule has 0 saturated carbocycles. The van der Waals surface area contributed by atoms with Gasteiger partial charge in [0.05, 0.1) is 5.69 Å². The number of anilines is 1. The molecule has 3 aromatic carbocycles. The lowest BCUT2D eigenvalue weighted by Gasteiger charge is -2.39. The Morgan fingerprint density at radius 2 is 1.58 bits per heavy atom. The number of aryl methyl sites for hydroxylation is 2. The number of nitrogens with zero attached hydrogens (tertiary/aromatic N) is 2. The van der Waals surface area contributed by atoms with Crippen LogP contribution in [0.2, 0.25) is 0 Å². The fraction of sp³-hybridized carbons (Fsp3) is 0.273. The summed E-state index contributed by atoms with van der Waals surface area (Å²) >= 11 is 0. The first-order valence-electron chi connectivity index (χ1n) is 8.53. The van der Waals surface area contributed by atoms with Crippen molar-refractivity contribution < 1.29 is 0 Å². The van der Waals surface area contributed by atoms with Crippen LogP contribution in [0.4, 0.5) is 5.69 Å². The predicted molar refractivity (Wildman–Crippen MR) is 104 cm³/mol. The third kappa shape index (κ3) is 1.96. The lowest BCUT2D eigenvalue weighted by molar-refractivity contribution is 0.253. The SMILES string of the molecule is Cc1cc(C)c2c(ccc3ccccc32)c1N1C=CN(C)C1(C)C. The zero-order valence-electron chi connectivity index (χ0n) is 15.1. The van der Waals surface area contributed by atoms with Crippen molar-refractivity contribution in [3.8, 4) is 0 Å². The van der Waals surface area contributed by atoms with Gasteiger partial charge in [-0.1, -0.05) is 42.5 Å². The average molecular weight is 316 g/mol. The second kappa shape index (κ2) is 5.01. The van der Waals surface area contributed by atoms with Crippen molar-refractivity contribution in [2.24, 2.45) is 0 Å². The van der Waals surface area contributed by atoms with E-state index < -0.39 is 0 Å². The van der Waals surface area contributed by atoms with Crippen LogP contribution in [0.15, 0.2) is 54.9 Å². The van der Waals surface area contributed by atoms with Gasteiger partial charge < -0.3 is 9.80 Å². The molecule has 0 saturated heterocycles. The van der Waals surface area contributed by atoms with Crippen molar-refractivity contribution in [3.63, 3.8) is 0 Å². The fourth-order valence-corrected chi connectivity index (χ4v) is 3.94. The second-order valence-electron chi connectivity index (χ2n) is 7.34. The Morgan fingerprint density at radius 3 is 2.29 bits per heavy atom. The molecule has 3 aromatic rings. The van der Waals surface area contributed by atoms with Gasteiger partial charge >= 0.3 is 0 Å². The van der Waals surface area contributed by atoms with E-state index in [9.17, 15) is 0 Å². The monoisotopic (exact) mass is 316 g/mol. The van der Waals surface area contributed by atoms with Gasteiger partial charge in [0.15, 0.2) is 0 Å². The van der Waals surface area contributed by atoms with E-state index in [-0.39, 0.29) is 5.66 Å². The zero-order valence-corrected chi connectivity index (χ0v) is 15.1. The van der Waals surface area contributed by atoms with Gasteiger partial charge in [-0.25, -0.2) is 0 Å². The molecule has 0 unspecified atom stereocenters. The molecule has 0 amide bonds. The normalized spacial score (nSPS) is 16.5. The van der Waals surface area contributed by atoms with Crippen molar-refractivity contribution in [1.82, 2.24) is 4.90 Å². The maximum absolute atomic E-state index is 2.40. The fourth-order valence-electron chi connectivity index (χ4n) is 3.94. The van der Waals surface area contributed by atoms with Crippen molar-refractivity contribution in [2.45, 2.75) is 33.4 Å². The van der Waals surface area contributed by atoms with Crippen LogP contribution in [0.25, 0.3) is 21.5 Å². The highest BCUT2D eigenvalue weighted by Crippen LogP contribution is 2.41. The smallest absolute Gasteiger partial charge is 0.110 e. The maximum Gasteiger partial charge on any atom is 0.110 e. The van der Waals surface area contributed by atoms with Gasteiger partial charge in [0.25, 0.3) is 0 Å². The Labute approximate surface area is 144 Å². The molecular formula is C22H24N2. The molecule has 0 N–H and O–H groups in total. The molecule has 1 aliphatic heterocycles. The number of hydrogen-bond acceptors (Lipinski definition) is 2. The number of fused-ring (bicyclic) bond motifs is 3. The lowest BCUT2D eigenvalue weighted by atomic mass is 9.93. The van der Waals surface area contributed by atoms with Gasteiger partial charge in [-0.3, -0.25) is 0 Å². The molecule has 24 heavy (non-hydrogen) atoms. The van der Waals surface area contributed by atoms with Crippen molar-refractivity contribution in [1.29, 1.82) is 0 Å². The Balaban J connectivity index is 2.10. The summed E-state index contributed by atoms with van der Waals surface area (Å²) < 4.78 is 0. The molecule has 0 radical (unpaired) electrons. The number of rotatable bonds is 1. The third-order valence-electron chi connectivity index (χ3n) is 5.52. The molecule has 0 aromatic heterocycles. The third-order valence-corrected chi connectivity index (χ3v) is 5.52. The molecular weight excluding hydrogens is 292 g/mol. The predicted octanol–water partition coefficient (Wildman–Crippen LogP) is 5.57. The van der Waals surface area contributed by atoms with E-state index in [2.05, 4.69) is 99.4 Å². The van der Waals surface area contributed by atoms with Crippen LogP contribution >= 0.6 is 0 Å². The van der Waals surface area contributed by atoms with Crippen LogP contribution in [0.5, 0.6) is 0 Å². The van der Waals surface area contributed by atoms with Crippen LogP contribution in [-0.2, 0) is 0 Å². The largest absolute Gasteiger partial charge is 0.357 e. The molecule has 0 atom stereocenters. The zero-order chi connectivity index (χ0) is 17.1. The number of benzene rings is 3. The number of hydrogen-bond donors (Lipinski definition) is 0. The van der Waals surface area contributed by atoms with Gasteiger partial charge in [0, 0.05) is 24.8 Å². The lowest BCUT2D eigenvalue weighted by Crippen LogP contribution is -2.47. The molecule has 122 valence electrons. The summed E-state index contributed by atoms with van der Waals surface area (Å²) in [6.07, 6.45) is 4.36. The van der Waals surface area contributed by atoms with E-state index in [0.717, 1.165) is 0 Å². The Morgan fingerprint density at radius 1 is 0.833 bits per heavy atom. The summed E-state index contributed by atoms with van der Waals surface area (Å²) in [7, 11) is 2.14. The van der Waals surface area contributed by atoms with Crippen LogP contribution in [-0.4, -0.2) is 17.6 Å². The topological polar surface area (TPSA) is 6.48 Å². The summed E-state index contributed by atoms with van der Waals surface area (Å²) in [6, 6.07) is 15.5. The molecule has 1 aliphatic rings. The Kier molecular flexibility index (Phi) is 3.14. The first-order chi connectivity index (χ1) is 11.4. The van der Waals surface area contributed by atoms with Crippen molar-refractivity contribution in [3.05, 3.63) is 66.0 Å². The summed E-state index contributed by atoms with van der Waals surface area (Å²) in [6.45, 7) is 8.97. The minimum absolute atomic E-state index is 0.0708. The molecule has 1 heterocycles. The van der Waals surface area contributed by atoms with E-state index in [0.29, 0.717) is 0 Å². The van der Waals surface area contributed by atoms with Gasteiger partial charge in [0.1, 0.15) is 5.66 Å². The van der Waals surface area contributed by atoms with Gasteiger partial charge in [-0.2, -0.15) is 0 Å². The molecule has 4 rings (SSSR count). The molecule has 2 heteroatoms. The van der Waals surface area contributed by atoms with Crippen LogP contribution in [0.3, 0.4) is 0 Å². The van der Waals surface area contributed by atoms with Crippen molar-refractivity contribution >= 4 is 27.2 Å². The molecule has 2 nitrogen and oxygen atoms in total. The van der Waals surface area contributed by atoms with Crippen LogP contribution < -0.4 is 4.90 Å². The van der Waals surface area contributed by atoms with E-state index in [1.54, 1.807) is 0 Å². The summed E-state index contributed by atoms with van der Waals surface area (Å²) in [5.74, 6) is 0. The summed E-state index contributed by atoms with van der Waals surface area (Å²) in [5, 5.41) is 5.34. The maximum atomic E-state index is 2.40. The van der Waals surface area contributed by atoms with E-state index in [1.165, 1.54) is 38.4 Å². The minimum Gasteiger partial charge on any atom is -0.357 e. The first-order valence-corrected chi connectivity index (χ1v) is 8.53. The van der Waals surface area contributed by atoms with E-state index in [1.807, 2.05) is 0 Å². The highest BCUT2D eigenvalue weighted by molar-refractivity contribution is 6.13. The van der Waals surface area contributed by atoms with Gasteiger partial charge in [-0.15, -0.1) is 0 Å². The highest BCUT2D eigenvalue weighted by Gasteiger charge is 2.34. The quantitative estimate of drug-likeness (QED) is 0.542. The molecule has 0 spiro atoms. The van der Waals surface area contributed by atoms with E-state index >= 15 is 0 Å². The van der Waals surface area contributed by atoms with Gasteiger partial charge in [0.2, 0.25) is 0 Å². The molecule has 0 aliphatic carbocycles. The Hall–Kier alpha value is -2.48. The summed E-state index contributed by atoms with van der Waals surface area (Å²) in [5.41, 5.74) is 3.91. The average Bonchev–Trinajstić information content (AvgIpc) is 2.81. The van der Waals surface area contributed by atoms with E-state index in [4.69, 9.17) is 0 Å².